The monoisotopic (exact) mass is 544 g/mol. The summed E-state index contributed by atoms with van der Waals surface area (Å²) in [7, 11) is 3.73. The number of carbonyl (C=O) groups excluding carboxylic acids is 2. The maximum atomic E-state index is 12.2. The van der Waals surface area contributed by atoms with E-state index in [1.165, 1.54) is 0 Å². The highest BCUT2D eigenvalue weighted by atomic mass is 127. The van der Waals surface area contributed by atoms with Crippen molar-refractivity contribution in [3.63, 3.8) is 0 Å². The third-order valence-corrected chi connectivity index (χ3v) is 4.77. The fourth-order valence-electron chi connectivity index (χ4n) is 3.36. The van der Waals surface area contributed by atoms with Crippen LogP contribution in [0, 0.1) is 5.92 Å². The number of likely N-dealkylation sites (N-methyl/N-ethyl adjacent to an activating group) is 1. The molecule has 0 aromatic heterocycles. The molecule has 1 unspecified atom stereocenters. The van der Waals surface area contributed by atoms with Gasteiger partial charge in [-0.1, -0.05) is 26.0 Å². The van der Waals surface area contributed by atoms with E-state index >= 15 is 0 Å². The van der Waals surface area contributed by atoms with Crippen molar-refractivity contribution >= 4 is 47.4 Å². The summed E-state index contributed by atoms with van der Waals surface area (Å²) in [6.45, 7) is 8.98. The molecular weight excluding hydrogens is 507 g/mol. The van der Waals surface area contributed by atoms with Gasteiger partial charge in [0.2, 0.25) is 11.8 Å². The van der Waals surface area contributed by atoms with Gasteiger partial charge in [-0.05, 0) is 45.1 Å². The number of aliphatic imine (C=N–C) groups is 1. The highest BCUT2D eigenvalue weighted by Gasteiger charge is 2.27. The zero-order valence-corrected chi connectivity index (χ0v) is 21.6. The van der Waals surface area contributed by atoms with E-state index in [-0.39, 0.29) is 47.8 Å². The number of nitrogens with one attached hydrogen (secondary N) is 3. The quantitative estimate of drug-likeness (QED) is 0.265. The Morgan fingerprint density at radius 2 is 2.03 bits per heavy atom. The molecule has 1 aromatic carbocycles. The smallest absolute Gasteiger partial charge is 0.238 e. The van der Waals surface area contributed by atoms with E-state index in [0.29, 0.717) is 19.6 Å². The molecule has 174 valence electrons. The molecule has 0 saturated carbocycles. The van der Waals surface area contributed by atoms with E-state index in [1.807, 2.05) is 68.9 Å². The molecule has 1 heterocycles. The topological polar surface area (TPSA) is 89.1 Å². The van der Waals surface area contributed by atoms with Gasteiger partial charge in [-0.3, -0.25) is 9.59 Å². The minimum absolute atomic E-state index is 0. The lowest BCUT2D eigenvalue weighted by Gasteiger charge is -2.20. The minimum Gasteiger partial charge on any atom is -0.357 e. The van der Waals surface area contributed by atoms with Crippen molar-refractivity contribution < 1.29 is 9.59 Å². The molecule has 0 aliphatic carbocycles. The fourth-order valence-corrected chi connectivity index (χ4v) is 3.36. The SMILES string of the molecule is CCNC(=NCc1cccc(NC(=O)CN(C)C)c1)NC1CCN(C(=O)C(C)C)C1.I. The molecule has 1 atom stereocenters. The highest BCUT2D eigenvalue weighted by Crippen LogP contribution is 2.14. The Kier molecular flexibility index (Phi) is 11.8. The van der Waals surface area contributed by atoms with Gasteiger partial charge >= 0.3 is 0 Å². The lowest BCUT2D eigenvalue weighted by molar-refractivity contribution is -0.133. The van der Waals surface area contributed by atoms with Crippen LogP contribution < -0.4 is 16.0 Å². The van der Waals surface area contributed by atoms with Gasteiger partial charge in [-0.2, -0.15) is 0 Å². The molecular formula is C22H37IN6O2. The average Bonchev–Trinajstić information content (AvgIpc) is 3.13. The Bertz CT molecular complexity index is 753. The molecule has 1 saturated heterocycles. The highest BCUT2D eigenvalue weighted by molar-refractivity contribution is 14.0. The molecule has 8 nitrogen and oxygen atoms in total. The maximum Gasteiger partial charge on any atom is 0.238 e. The molecule has 3 N–H and O–H groups in total. The predicted molar refractivity (Wildman–Crippen MR) is 137 cm³/mol. The maximum absolute atomic E-state index is 12.2. The average molecular weight is 544 g/mol. The zero-order valence-electron chi connectivity index (χ0n) is 19.3. The van der Waals surface area contributed by atoms with Crippen LogP contribution in [0.5, 0.6) is 0 Å². The Morgan fingerprint density at radius 3 is 2.68 bits per heavy atom. The summed E-state index contributed by atoms with van der Waals surface area (Å²) < 4.78 is 0. The Morgan fingerprint density at radius 1 is 1.29 bits per heavy atom. The second-order valence-electron chi connectivity index (χ2n) is 8.25. The minimum atomic E-state index is -0.0441. The Labute approximate surface area is 203 Å². The second kappa shape index (κ2) is 13.5. The molecule has 2 amide bonds. The van der Waals surface area contributed by atoms with E-state index in [4.69, 9.17) is 4.99 Å². The van der Waals surface area contributed by atoms with Crippen LogP contribution in [-0.2, 0) is 16.1 Å². The first-order chi connectivity index (χ1) is 14.3. The molecule has 9 heteroatoms. The summed E-state index contributed by atoms with van der Waals surface area (Å²) in [5.41, 5.74) is 1.78. The van der Waals surface area contributed by atoms with Crippen LogP contribution in [0.4, 0.5) is 5.69 Å². The molecule has 2 rings (SSSR count). The van der Waals surface area contributed by atoms with E-state index in [2.05, 4.69) is 16.0 Å². The number of halogens is 1. The van der Waals surface area contributed by atoms with Gasteiger partial charge < -0.3 is 25.8 Å². The van der Waals surface area contributed by atoms with Gasteiger partial charge in [0.15, 0.2) is 5.96 Å². The van der Waals surface area contributed by atoms with Crippen molar-refractivity contribution in [3.05, 3.63) is 29.8 Å². The molecule has 1 aromatic rings. The van der Waals surface area contributed by atoms with Crippen molar-refractivity contribution in [1.29, 1.82) is 0 Å². The first-order valence-corrected chi connectivity index (χ1v) is 10.7. The van der Waals surface area contributed by atoms with E-state index in [0.717, 1.165) is 36.7 Å². The van der Waals surface area contributed by atoms with Crippen molar-refractivity contribution in [3.8, 4) is 0 Å². The molecule has 0 spiro atoms. The molecule has 1 aliphatic rings. The number of hydrogen-bond donors (Lipinski definition) is 3. The van der Waals surface area contributed by atoms with Gasteiger partial charge in [0.05, 0.1) is 13.1 Å². The normalized spacial score (nSPS) is 16.3. The lowest BCUT2D eigenvalue weighted by Crippen LogP contribution is -2.45. The second-order valence-corrected chi connectivity index (χ2v) is 8.25. The van der Waals surface area contributed by atoms with Crippen LogP contribution in [0.15, 0.2) is 29.3 Å². The van der Waals surface area contributed by atoms with Crippen LogP contribution in [0.2, 0.25) is 0 Å². The van der Waals surface area contributed by atoms with Gasteiger partial charge in [0.25, 0.3) is 0 Å². The number of likely N-dealkylation sites (tertiary alicyclic amines) is 1. The van der Waals surface area contributed by atoms with E-state index < -0.39 is 0 Å². The predicted octanol–water partition coefficient (Wildman–Crippen LogP) is 2.12. The number of guanidine groups is 1. The van der Waals surface area contributed by atoms with Crippen molar-refractivity contribution in [2.45, 2.75) is 39.8 Å². The van der Waals surface area contributed by atoms with E-state index in [9.17, 15) is 9.59 Å². The summed E-state index contributed by atoms with van der Waals surface area (Å²) in [6.07, 6.45) is 0.913. The number of nitrogens with zero attached hydrogens (tertiary/aromatic N) is 3. The third-order valence-electron chi connectivity index (χ3n) is 4.77. The van der Waals surface area contributed by atoms with Crippen LogP contribution in [0.3, 0.4) is 0 Å². The number of hydrogen-bond acceptors (Lipinski definition) is 4. The summed E-state index contributed by atoms with van der Waals surface area (Å²) in [5, 5.41) is 9.64. The number of benzene rings is 1. The molecule has 1 aliphatic heterocycles. The van der Waals surface area contributed by atoms with Gasteiger partial charge in [-0.15, -0.1) is 24.0 Å². The summed E-state index contributed by atoms with van der Waals surface area (Å²) in [6, 6.07) is 7.93. The number of rotatable bonds is 8. The third kappa shape index (κ3) is 9.42. The van der Waals surface area contributed by atoms with Gasteiger partial charge in [-0.25, -0.2) is 4.99 Å². The largest absolute Gasteiger partial charge is 0.357 e. The standard InChI is InChI=1S/C22H36N6O2.HI/c1-6-23-22(26-19-10-11-28(14-19)21(30)16(2)3)24-13-17-8-7-9-18(12-17)25-20(29)15-27(4)5;/h7-9,12,16,19H,6,10-11,13-15H2,1-5H3,(H,25,29)(H2,23,24,26);1H. The van der Waals surface area contributed by atoms with Crippen LogP contribution in [0.25, 0.3) is 0 Å². The van der Waals surface area contributed by atoms with Crippen molar-refractivity contribution in [2.24, 2.45) is 10.9 Å². The first kappa shape index (κ1) is 27.2. The van der Waals surface area contributed by atoms with E-state index in [1.54, 1.807) is 0 Å². The number of anilines is 1. The molecule has 0 bridgehead atoms. The van der Waals surface area contributed by atoms with Crippen LogP contribution in [0.1, 0.15) is 32.8 Å². The van der Waals surface area contributed by atoms with Gasteiger partial charge in [0, 0.05) is 37.3 Å². The summed E-state index contributed by atoms with van der Waals surface area (Å²) in [4.78, 5) is 32.6. The number of carbonyl (C=O) groups is 2. The zero-order chi connectivity index (χ0) is 22.1. The van der Waals surface area contributed by atoms with Crippen LogP contribution >= 0.6 is 24.0 Å². The molecule has 31 heavy (non-hydrogen) atoms. The van der Waals surface area contributed by atoms with Crippen LogP contribution in [-0.4, -0.2) is 73.9 Å². The van der Waals surface area contributed by atoms with Crippen molar-refractivity contribution in [1.82, 2.24) is 20.4 Å². The fraction of sp³-hybridized carbons (Fsp3) is 0.591. The van der Waals surface area contributed by atoms with Crippen molar-refractivity contribution in [2.75, 3.05) is 45.6 Å². The summed E-state index contributed by atoms with van der Waals surface area (Å²) >= 11 is 0. The summed E-state index contributed by atoms with van der Waals surface area (Å²) in [5.74, 6) is 0.922. The lowest BCUT2D eigenvalue weighted by atomic mass is 10.2. The Hall–Kier alpha value is -1.88. The first-order valence-electron chi connectivity index (χ1n) is 10.7. The van der Waals surface area contributed by atoms with Gasteiger partial charge in [0.1, 0.15) is 0 Å². The molecule has 1 fully saturated rings. The molecule has 0 radical (unpaired) electrons. The Balaban J connectivity index is 0.00000480. The number of amides is 2.